The summed E-state index contributed by atoms with van der Waals surface area (Å²) in [7, 11) is 0. The van der Waals surface area contributed by atoms with Crippen LogP contribution in [0, 0.1) is 0 Å². The van der Waals surface area contributed by atoms with Crippen LogP contribution in [0.3, 0.4) is 0 Å². The van der Waals surface area contributed by atoms with E-state index in [1.807, 2.05) is 25.7 Å². The van der Waals surface area contributed by atoms with Crippen molar-refractivity contribution in [2.75, 3.05) is 13.2 Å². The lowest BCUT2D eigenvalue weighted by atomic mass is 10.1. The fourth-order valence-electron chi connectivity index (χ4n) is 2.51. The number of rotatable bonds is 4. The van der Waals surface area contributed by atoms with E-state index in [0.717, 1.165) is 45.3 Å². The molecule has 0 saturated carbocycles. The Kier molecular flexibility index (Phi) is 4.15. The first-order valence-corrected chi connectivity index (χ1v) is 7.07. The molecule has 18 heavy (non-hydrogen) atoms. The molecule has 2 saturated heterocycles. The molecule has 0 N–H and O–H groups in total. The monoisotopic (exact) mass is 255 g/mol. The highest BCUT2D eigenvalue weighted by atomic mass is 16.6. The van der Waals surface area contributed by atoms with Gasteiger partial charge in [-0.2, -0.15) is 0 Å². The summed E-state index contributed by atoms with van der Waals surface area (Å²) < 4.78 is 10.7. The third-order valence-corrected chi connectivity index (χ3v) is 3.47. The van der Waals surface area contributed by atoms with E-state index in [-0.39, 0.29) is 6.09 Å². The minimum Gasteiger partial charge on any atom is -0.444 e. The van der Waals surface area contributed by atoms with Crippen LogP contribution in [-0.4, -0.2) is 41.9 Å². The molecule has 0 aliphatic carbocycles. The van der Waals surface area contributed by atoms with E-state index in [0.29, 0.717) is 12.1 Å². The fourth-order valence-corrected chi connectivity index (χ4v) is 2.51. The summed E-state index contributed by atoms with van der Waals surface area (Å²) >= 11 is 0. The van der Waals surface area contributed by atoms with Gasteiger partial charge in [-0.25, -0.2) is 4.79 Å². The zero-order valence-electron chi connectivity index (χ0n) is 11.8. The van der Waals surface area contributed by atoms with Crippen molar-refractivity contribution in [2.24, 2.45) is 0 Å². The van der Waals surface area contributed by atoms with Crippen molar-refractivity contribution < 1.29 is 14.3 Å². The quantitative estimate of drug-likeness (QED) is 0.725. The molecule has 2 aliphatic heterocycles. The van der Waals surface area contributed by atoms with Crippen LogP contribution in [0.1, 0.15) is 52.9 Å². The predicted molar refractivity (Wildman–Crippen MR) is 69.6 cm³/mol. The van der Waals surface area contributed by atoms with E-state index in [4.69, 9.17) is 9.47 Å². The molecule has 1 unspecified atom stereocenters. The van der Waals surface area contributed by atoms with Gasteiger partial charge in [0, 0.05) is 12.6 Å². The van der Waals surface area contributed by atoms with E-state index in [1.54, 1.807) is 0 Å². The summed E-state index contributed by atoms with van der Waals surface area (Å²) in [5, 5.41) is 0. The van der Waals surface area contributed by atoms with Crippen LogP contribution >= 0.6 is 0 Å². The molecule has 2 atom stereocenters. The van der Waals surface area contributed by atoms with Crippen molar-refractivity contribution in [3.05, 3.63) is 0 Å². The third-order valence-electron chi connectivity index (χ3n) is 3.47. The summed E-state index contributed by atoms with van der Waals surface area (Å²) in [5.41, 5.74) is -0.397. The minimum atomic E-state index is -0.397. The van der Waals surface area contributed by atoms with Crippen molar-refractivity contribution in [1.29, 1.82) is 0 Å². The molecule has 4 heteroatoms. The highest BCUT2D eigenvalue weighted by molar-refractivity contribution is 5.68. The Balaban J connectivity index is 1.76. The smallest absolute Gasteiger partial charge is 0.410 e. The Labute approximate surface area is 110 Å². The Morgan fingerprint density at radius 3 is 2.72 bits per heavy atom. The first-order valence-electron chi connectivity index (χ1n) is 7.07. The van der Waals surface area contributed by atoms with Crippen LogP contribution < -0.4 is 0 Å². The highest BCUT2D eigenvalue weighted by Gasteiger charge is 2.32. The molecule has 2 rings (SSSR count). The van der Waals surface area contributed by atoms with Crippen LogP contribution in [0.4, 0.5) is 4.79 Å². The molecule has 2 aliphatic rings. The van der Waals surface area contributed by atoms with Gasteiger partial charge < -0.3 is 14.4 Å². The number of hydrogen-bond donors (Lipinski definition) is 0. The molecule has 0 radical (unpaired) electrons. The van der Waals surface area contributed by atoms with Crippen LogP contribution in [0.2, 0.25) is 0 Å². The molecule has 4 nitrogen and oxygen atoms in total. The molecule has 0 bridgehead atoms. The predicted octanol–water partition coefficient (Wildman–Crippen LogP) is 2.96. The summed E-state index contributed by atoms with van der Waals surface area (Å²) in [6, 6.07) is 0.374. The number of amides is 1. The van der Waals surface area contributed by atoms with Gasteiger partial charge in [0.25, 0.3) is 0 Å². The van der Waals surface area contributed by atoms with Crippen molar-refractivity contribution in [3.8, 4) is 0 Å². The first kappa shape index (κ1) is 13.7. The average molecular weight is 255 g/mol. The van der Waals surface area contributed by atoms with E-state index in [9.17, 15) is 4.79 Å². The SMILES string of the molecule is CC(C)(C)OC(=O)N1CCC[C@H]1CCCC1CO1. The number of nitrogens with zero attached hydrogens (tertiary/aromatic N) is 1. The van der Waals surface area contributed by atoms with Gasteiger partial charge in [-0.05, 0) is 52.9 Å². The van der Waals surface area contributed by atoms with Gasteiger partial charge in [-0.3, -0.25) is 0 Å². The first-order chi connectivity index (χ1) is 8.46. The van der Waals surface area contributed by atoms with E-state index in [1.165, 1.54) is 0 Å². The standard InChI is InChI=1S/C14H25NO3/c1-14(2,3)18-13(16)15-9-5-7-11(15)6-4-8-12-10-17-12/h11-12H,4-10H2,1-3H3/t11-,12?/m1/s1. The number of likely N-dealkylation sites (tertiary alicyclic amines) is 1. The molecular weight excluding hydrogens is 230 g/mol. The zero-order chi connectivity index (χ0) is 13.2. The summed E-state index contributed by atoms with van der Waals surface area (Å²) in [5.74, 6) is 0. The molecule has 0 spiro atoms. The van der Waals surface area contributed by atoms with Crippen LogP contribution in [0.5, 0.6) is 0 Å². The molecule has 0 aromatic heterocycles. The zero-order valence-corrected chi connectivity index (χ0v) is 11.8. The van der Waals surface area contributed by atoms with Crippen molar-refractivity contribution in [2.45, 2.75) is 70.6 Å². The normalized spacial score (nSPS) is 27.4. The van der Waals surface area contributed by atoms with E-state index >= 15 is 0 Å². The molecule has 1 amide bonds. The number of epoxide rings is 1. The molecule has 0 aromatic carbocycles. The number of hydrogen-bond acceptors (Lipinski definition) is 3. The number of ether oxygens (including phenoxy) is 2. The van der Waals surface area contributed by atoms with Gasteiger partial charge in [-0.15, -0.1) is 0 Å². The van der Waals surface area contributed by atoms with Crippen LogP contribution in [0.25, 0.3) is 0 Å². The van der Waals surface area contributed by atoms with Gasteiger partial charge in [-0.1, -0.05) is 0 Å². The third kappa shape index (κ3) is 4.16. The summed E-state index contributed by atoms with van der Waals surface area (Å²) in [6.07, 6.45) is 5.94. The summed E-state index contributed by atoms with van der Waals surface area (Å²) in [6.45, 7) is 7.53. The van der Waals surface area contributed by atoms with Crippen molar-refractivity contribution in [3.63, 3.8) is 0 Å². The largest absolute Gasteiger partial charge is 0.444 e. The Hall–Kier alpha value is -0.770. The Bertz CT molecular complexity index is 294. The van der Waals surface area contributed by atoms with E-state index in [2.05, 4.69) is 0 Å². The topological polar surface area (TPSA) is 42.1 Å². The lowest BCUT2D eigenvalue weighted by molar-refractivity contribution is 0.0218. The van der Waals surface area contributed by atoms with Crippen molar-refractivity contribution >= 4 is 6.09 Å². The van der Waals surface area contributed by atoms with Gasteiger partial charge in [0.1, 0.15) is 5.60 Å². The van der Waals surface area contributed by atoms with Gasteiger partial charge >= 0.3 is 6.09 Å². The molecular formula is C14H25NO3. The molecule has 0 aromatic rings. The lowest BCUT2D eigenvalue weighted by Gasteiger charge is -2.28. The lowest BCUT2D eigenvalue weighted by Crippen LogP contribution is -2.39. The second-order valence-corrected chi connectivity index (χ2v) is 6.36. The minimum absolute atomic E-state index is 0.146. The van der Waals surface area contributed by atoms with Crippen LogP contribution in [-0.2, 0) is 9.47 Å². The summed E-state index contributed by atoms with van der Waals surface area (Å²) in [4.78, 5) is 14.0. The van der Waals surface area contributed by atoms with Crippen LogP contribution in [0.15, 0.2) is 0 Å². The maximum Gasteiger partial charge on any atom is 0.410 e. The second-order valence-electron chi connectivity index (χ2n) is 6.36. The molecule has 2 fully saturated rings. The van der Waals surface area contributed by atoms with E-state index < -0.39 is 5.60 Å². The molecule has 104 valence electrons. The number of carbonyl (C=O) groups is 1. The van der Waals surface area contributed by atoms with Gasteiger partial charge in [0.2, 0.25) is 0 Å². The maximum absolute atomic E-state index is 12.1. The Morgan fingerprint density at radius 2 is 2.11 bits per heavy atom. The number of carbonyl (C=O) groups excluding carboxylic acids is 1. The Morgan fingerprint density at radius 1 is 1.39 bits per heavy atom. The van der Waals surface area contributed by atoms with Crippen molar-refractivity contribution in [1.82, 2.24) is 4.90 Å². The van der Waals surface area contributed by atoms with Gasteiger partial charge in [0.15, 0.2) is 0 Å². The van der Waals surface area contributed by atoms with Gasteiger partial charge in [0.05, 0.1) is 12.7 Å². The fraction of sp³-hybridized carbons (Fsp3) is 0.929. The highest BCUT2D eigenvalue weighted by Crippen LogP contribution is 2.26. The second kappa shape index (κ2) is 5.47. The maximum atomic E-state index is 12.1. The average Bonchev–Trinajstić information content (AvgIpc) is 2.92. The molecule has 2 heterocycles.